The SMILES string of the molecule is CCCn1ncnc1COc1ccc(B(O)O)cc1. The highest BCUT2D eigenvalue weighted by atomic mass is 16.5. The average molecular weight is 261 g/mol. The molecular weight excluding hydrogens is 245 g/mol. The fourth-order valence-electron chi connectivity index (χ4n) is 1.68. The van der Waals surface area contributed by atoms with E-state index in [1.165, 1.54) is 6.33 Å². The van der Waals surface area contributed by atoms with E-state index in [0.717, 1.165) is 18.8 Å². The molecule has 0 aliphatic rings. The molecule has 0 aliphatic heterocycles. The minimum Gasteiger partial charge on any atom is -0.486 e. The third kappa shape index (κ3) is 3.55. The smallest absolute Gasteiger partial charge is 0.486 e. The minimum atomic E-state index is -1.46. The predicted octanol–water partition coefficient (Wildman–Crippen LogP) is -0.0531. The van der Waals surface area contributed by atoms with Crippen LogP contribution < -0.4 is 10.2 Å². The third-order valence-corrected chi connectivity index (χ3v) is 2.68. The molecule has 0 bridgehead atoms. The Morgan fingerprint density at radius 1 is 1.26 bits per heavy atom. The van der Waals surface area contributed by atoms with Crippen LogP contribution in [0.5, 0.6) is 5.75 Å². The monoisotopic (exact) mass is 261 g/mol. The topological polar surface area (TPSA) is 80.4 Å². The van der Waals surface area contributed by atoms with E-state index in [2.05, 4.69) is 17.0 Å². The van der Waals surface area contributed by atoms with Gasteiger partial charge in [0.15, 0.2) is 5.82 Å². The first-order valence-corrected chi connectivity index (χ1v) is 6.16. The number of aryl methyl sites for hydroxylation is 1. The van der Waals surface area contributed by atoms with Gasteiger partial charge in [0.25, 0.3) is 0 Å². The Kier molecular flexibility index (Phi) is 4.54. The first kappa shape index (κ1) is 13.6. The van der Waals surface area contributed by atoms with E-state index in [0.29, 0.717) is 17.8 Å². The van der Waals surface area contributed by atoms with Gasteiger partial charge in [-0.1, -0.05) is 19.1 Å². The van der Waals surface area contributed by atoms with Gasteiger partial charge >= 0.3 is 7.12 Å². The van der Waals surface area contributed by atoms with Crippen LogP contribution in [0.4, 0.5) is 0 Å². The maximum atomic E-state index is 8.98. The summed E-state index contributed by atoms with van der Waals surface area (Å²) >= 11 is 0. The highest BCUT2D eigenvalue weighted by Gasteiger charge is 2.10. The van der Waals surface area contributed by atoms with Gasteiger partial charge in [0.2, 0.25) is 0 Å². The molecule has 19 heavy (non-hydrogen) atoms. The summed E-state index contributed by atoms with van der Waals surface area (Å²) in [6.07, 6.45) is 2.50. The molecule has 0 radical (unpaired) electrons. The summed E-state index contributed by atoms with van der Waals surface area (Å²) in [5.41, 5.74) is 0.432. The van der Waals surface area contributed by atoms with Crippen molar-refractivity contribution in [1.29, 1.82) is 0 Å². The summed E-state index contributed by atoms with van der Waals surface area (Å²) < 4.78 is 7.40. The molecular formula is C12H16BN3O3. The lowest BCUT2D eigenvalue weighted by Crippen LogP contribution is -2.29. The number of hydrogen-bond acceptors (Lipinski definition) is 5. The highest BCUT2D eigenvalue weighted by molar-refractivity contribution is 6.58. The summed E-state index contributed by atoms with van der Waals surface area (Å²) in [7, 11) is -1.46. The maximum absolute atomic E-state index is 8.98. The summed E-state index contributed by atoms with van der Waals surface area (Å²) in [5, 5.41) is 22.1. The average Bonchev–Trinajstić information content (AvgIpc) is 2.85. The highest BCUT2D eigenvalue weighted by Crippen LogP contribution is 2.10. The molecule has 2 rings (SSSR count). The van der Waals surface area contributed by atoms with Gasteiger partial charge in [-0.2, -0.15) is 5.10 Å². The quantitative estimate of drug-likeness (QED) is 0.712. The first-order valence-electron chi connectivity index (χ1n) is 6.16. The van der Waals surface area contributed by atoms with Gasteiger partial charge in [-0.25, -0.2) is 9.67 Å². The van der Waals surface area contributed by atoms with Crippen molar-refractivity contribution < 1.29 is 14.8 Å². The molecule has 6 nitrogen and oxygen atoms in total. The number of hydrogen-bond donors (Lipinski definition) is 2. The summed E-state index contributed by atoms with van der Waals surface area (Å²) in [5.74, 6) is 1.42. The minimum absolute atomic E-state index is 0.334. The Morgan fingerprint density at radius 3 is 2.63 bits per heavy atom. The van der Waals surface area contributed by atoms with E-state index in [9.17, 15) is 0 Å². The van der Waals surface area contributed by atoms with Gasteiger partial charge in [0.05, 0.1) is 0 Å². The number of rotatable bonds is 6. The van der Waals surface area contributed by atoms with Crippen molar-refractivity contribution in [3.63, 3.8) is 0 Å². The predicted molar refractivity (Wildman–Crippen MR) is 70.9 cm³/mol. The molecule has 2 N–H and O–H groups in total. The lowest BCUT2D eigenvalue weighted by molar-refractivity contribution is 0.286. The van der Waals surface area contributed by atoms with E-state index in [1.807, 2.05) is 4.68 Å². The molecule has 1 aromatic heterocycles. The normalized spacial score (nSPS) is 10.5. The van der Waals surface area contributed by atoms with Gasteiger partial charge in [0, 0.05) is 6.54 Å². The van der Waals surface area contributed by atoms with Crippen LogP contribution in [0.15, 0.2) is 30.6 Å². The van der Waals surface area contributed by atoms with E-state index in [-0.39, 0.29) is 0 Å². The number of aromatic nitrogens is 3. The molecule has 1 aromatic carbocycles. The molecule has 7 heteroatoms. The zero-order valence-electron chi connectivity index (χ0n) is 10.7. The second-order valence-electron chi connectivity index (χ2n) is 4.13. The lowest BCUT2D eigenvalue weighted by atomic mass is 9.80. The Labute approximate surface area is 111 Å². The molecule has 0 atom stereocenters. The summed E-state index contributed by atoms with van der Waals surface area (Å²) in [6.45, 7) is 3.22. The van der Waals surface area contributed by atoms with Crippen LogP contribution in [0.2, 0.25) is 0 Å². The van der Waals surface area contributed by atoms with Crippen molar-refractivity contribution >= 4 is 12.6 Å². The number of nitrogens with zero attached hydrogens (tertiary/aromatic N) is 3. The van der Waals surface area contributed by atoms with Crippen LogP contribution in [-0.2, 0) is 13.2 Å². The Hall–Kier alpha value is -1.86. The van der Waals surface area contributed by atoms with Crippen LogP contribution in [-0.4, -0.2) is 31.9 Å². The first-order chi connectivity index (χ1) is 9.20. The van der Waals surface area contributed by atoms with Crippen LogP contribution in [0.3, 0.4) is 0 Å². The van der Waals surface area contributed by atoms with Crippen molar-refractivity contribution in [3.05, 3.63) is 36.4 Å². The molecule has 0 aliphatic carbocycles. The molecule has 2 aromatic rings. The molecule has 0 unspecified atom stereocenters. The van der Waals surface area contributed by atoms with Gasteiger partial charge in [-0.3, -0.25) is 0 Å². The molecule has 1 heterocycles. The van der Waals surface area contributed by atoms with Gasteiger partial charge in [-0.15, -0.1) is 0 Å². The molecule has 0 saturated carbocycles. The van der Waals surface area contributed by atoms with Gasteiger partial charge < -0.3 is 14.8 Å². The fraction of sp³-hybridized carbons (Fsp3) is 0.333. The largest absolute Gasteiger partial charge is 0.488 e. The van der Waals surface area contributed by atoms with Gasteiger partial charge in [0.1, 0.15) is 18.7 Å². The molecule has 100 valence electrons. The van der Waals surface area contributed by atoms with Crippen molar-refractivity contribution in [3.8, 4) is 5.75 Å². The lowest BCUT2D eigenvalue weighted by Gasteiger charge is -2.08. The van der Waals surface area contributed by atoms with Crippen molar-refractivity contribution in [2.45, 2.75) is 26.5 Å². The van der Waals surface area contributed by atoms with E-state index in [4.69, 9.17) is 14.8 Å². The zero-order valence-corrected chi connectivity index (χ0v) is 10.7. The van der Waals surface area contributed by atoms with Crippen molar-refractivity contribution in [2.24, 2.45) is 0 Å². The van der Waals surface area contributed by atoms with Crippen LogP contribution >= 0.6 is 0 Å². The maximum Gasteiger partial charge on any atom is 0.488 e. The van der Waals surface area contributed by atoms with Gasteiger partial charge in [-0.05, 0) is 24.0 Å². The van der Waals surface area contributed by atoms with Crippen LogP contribution in [0.25, 0.3) is 0 Å². The number of benzene rings is 1. The second kappa shape index (κ2) is 6.35. The molecule has 0 saturated heterocycles. The second-order valence-corrected chi connectivity index (χ2v) is 4.13. The molecule has 0 spiro atoms. The molecule has 0 fully saturated rings. The van der Waals surface area contributed by atoms with E-state index in [1.54, 1.807) is 24.3 Å². The van der Waals surface area contributed by atoms with Crippen LogP contribution in [0.1, 0.15) is 19.2 Å². The summed E-state index contributed by atoms with van der Waals surface area (Å²) in [4.78, 5) is 4.14. The Bertz CT molecular complexity index is 513. The Morgan fingerprint density at radius 2 is 2.00 bits per heavy atom. The fourth-order valence-corrected chi connectivity index (χ4v) is 1.68. The summed E-state index contributed by atoms with van der Waals surface area (Å²) in [6, 6.07) is 6.60. The zero-order chi connectivity index (χ0) is 13.7. The van der Waals surface area contributed by atoms with E-state index < -0.39 is 7.12 Å². The Balaban J connectivity index is 1.96. The van der Waals surface area contributed by atoms with E-state index >= 15 is 0 Å². The van der Waals surface area contributed by atoms with Crippen LogP contribution in [0, 0.1) is 0 Å². The molecule has 0 amide bonds. The van der Waals surface area contributed by atoms with Crippen molar-refractivity contribution in [2.75, 3.05) is 0 Å². The third-order valence-electron chi connectivity index (χ3n) is 2.68. The van der Waals surface area contributed by atoms with Crippen molar-refractivity contribution in [1.82, 2.24) is 14.8 Å². The number of ether oxygens (including phenoxy) is 1. The standard InChI is InChI=1S/C12H16BN3O3/c1-2-7-16-12(14-9-15-16)8-19-11-5-3-10(4-6-11)13(17)18/h3-6,9,17-18H,2,7-8H2,1H3.